The fourth-order valence-corrected chi connectivity index (χ4v) is 1.98. The molecule has 0 bridgehead atoms. The Balaban J connectivity index is 1.71. The number of aromatic nitrogens is 1. The Kier molecular flexibility index (Phi) is 3.75. The maximum atomic E-state index is 11.5. The lowest BCUT2D eigenvalue weighted by Crippen LogP contribution is -2.40. The lowest BCUT2D eigenvalue weighted by atomic mass is 10.2. The zero-order valence-electron chi connectivity index (χ0n) is 9.28. The number of nitrogens with one attached hydrogen (secondary N) is 2. The standard InChI is InChI=1S/C12H17N3O/c16-12(15-10-5-1-2-6-10)14-9-11-7-3-4-8-13-11/h3-4,7-8,10H,1-2,5-6,9H2,(H2,14,15,16). The Morgan fingerprint density at radius 2 is 2.19 bits per heavy atom. The summed E-state index contributed by atoms with van der Waals surface area (Å²) in [4.78, 5) is 15.7. The molecule has 0 aromatic carbocycles. The first-order chi connectivity index (χ1) is 7.84. The zero-order valence-corrected chi connectivity index (χ0v) is 9.28. The molecule has 0 unspecified atom stereocenters. The molecule has 0 atom stereocenters. The van der Waals surface area contributed by atoms with Crippen molar-refractivity contribution in [1.29, 1.82) is 0 Å². The summed E-state index contributed by atoms with van der Waals surface area (Å²) < 4.78 is 0. The van der Waals surface area contributed by atoms with Gasteiger partial charge in [-0.2, -0.15) is 0 Å². The lowest BCUT2D eigenvalue weighted by Gasteiger charge is -2.12. The van der Waals surface area contributed by atoms with Crippen LogP contribution < -0.4 is 10.6 Å². The van der Waals surface area contributed by atoms with E-state index in [2.05, 4.69) is 15.6 Å². The highest BCUT2D eigenvalue weighted by molar-refractivity contribution is 5.74. The molecule has 2 N–H and O–H groups in total. The van der Waals surface area contributed by atoms with E-state index in [0.717, 1.165) is 18.5 Å². The van der Waals surface area contributed by atoms with Gasteiger partial charge >= 0.3 is 6.03 Å². The third-order valence-electron chi connectivity index (χ3n) is 2.85. The van der Waals surface area contributed by atoms with Gasteiger partial charge in [-0.25, -0.2) is 4.79 Å². The predicted molar refractivity (Wildman–Crippen MR) is 61.9 cm³/mol. The van der Waals surface area contributed by atoms with Crippen LogP contribution >= 0.6 is 0 Å². The topological polar surface area (TPSA) is 54.0 Å². The largest absolute Gasteiger partial charge is 0.335 e. The van der Waals surface area contributed by atoms with Gasteiger partial charge in [0.05, 0.1) is 12.2 Å². The number of urea groups is 1. The summed E-state index contributed by atoms with van der Waals surface area (Å²) in [6, 6.07) is 5.96. The van der Waals surface area contributed by atoms with Crippen molar-refractivity contribution in [1.82, 2.24) is 15.6 Å². The van der Waals surface area contributed by atoms with E-state index in [1.165, 1.54) is 12.8 Å². The number of carbonyl (C=O) groups excluding carboxylic acids is 1. The molecule has 0 aliphatic heterocycles. The van der Waals surface area contributed by atoms with E-state index in [1.54, 1.807) is 6.20 Å². The molecule has 16 heavy (non-hydrogen) atoms. The van der Waals surface area contributed by atoms with Crippen molar-refractivity contribution in [2.75, 3.05) is 0 Å². The van der Waals surface area contributed by atoms with Crippen LogP contribution in [0.15, 0.2) is 24.4 Å². The van der Waals surface area contributed by atoms with Crippen LogP contribution in [0.2, 0.25) is 0 Å². The number of nitrogens with zero attached hydrogens (tertiary/aromatic N) is 1. The van der Waals surface area contributed by atoms with Gasteiger partial charge in [0.2, 0.25) is 0 Å². The zero-order chi connectivity index (χ0) is 11.2. The summed E-state index contributed by atoms with van der Waals surface area (Å²) in [5, 5.41) is 5.78. The van der Waals surface area contributed by atoms with Crippen LogP contribution in [0.4, 0.5) is 4.79 Å². The predicted octanol–water partition coefficient (Wildman–Crippen LogP) is 1.82. The Morgan fingerprint density at radius 3 is 2.88 bits per heavy atom. The van der Waals surface area contributed by atoms with Gasteiger partial charge in [-0.3, -0.25) is 4.98 Å². The Hall–Kier alpha value is -1.58. The SMILES string of the molecule is O=C(NCc1ccccn1)NC1CCCC1. The highest BCUT2D eigenvalue weighted by Crippen LogP contribution is 2.17. The third-order valence-corrected chi connectivity index (χ3v) is 2.85. The molecule has 0 spiro atoms. The van der Waals surface area contributed by atoms with Crippen LogP contribution in [-0.2, 0) is 6.54 Å². The maximum Gasteiger partial charge on any atom is 0.315 e. The quantitative estimate of drug-likeness (QED) is 0.814. The number of hydrogen-bond acceptors (Lipinski definition) is 2. The molecule has 0 saturated heterocycles. The molecule has 1 fully saturated rings. The van der Waals surface area contributed by atoms with Gasteiger partial charge in [0.15, 0.2) is 0 Å². The molecule has 2 rings (SSSR count). The van der Waals surface area contributed by atoms with Gasteiger partial charge in [-0.15, -0.1) is 0 Å². The minimum Gasteiger partial charge on any atom is -0.335 e. The Bertz CT molecular complexity index is 333. The first-order valence-corrected chi connectivity index (χ1v) is 5.79. The van der Waals surface area contributed by atoms with Crippen molar-refractivity contribution in [2.24, 2.45) is 0 Å². The number of pyridine rings is 1. The molecule has 1 heterocycles. The fourth-order valence-electron chi connectivity index (χ4n) is 1.98. The smallest absolute Gasteiger partial charge is 0.315 e. The lowest BCUT2D eigenvalue weighted by molar-refractivity contribution is 0.236. The van der Waals surface area contributed by atoms with Crippen LogP contribution in [0, 0.1) is 0 Å². The minimum absolute atomic E-state index is 0.0856. The summed E-state index contributed by atoms with van der Waals surface area (Å²) in [6.07, 6.45) is 6.40. The van der Waals surface area contributed by atoms with E-state index < -0.39 is 0 Å². The van der Waals surface area contributed by atoms with Crippen molar-refractivity contribution in [3.63, 3.8) is 0 Å². The van der Waals surface area contributed by atoms with Crippen molar-refractivity contribution < 1.29 is 4.79 Å². The Morgan fingerprint density at radius 1 is 1.38 bits per heavy atom. The first kappa shape index (κ1) is 10.9. The highest BCUT2D eigenvalue weighted by atomic mass is 16.2. The van der Waals surface area contributed by atoms with Gasteiger partial charge in [-0.05, 0) is 25.0 Å². The molecular weight excluding hydrogens is 202 g/mol. The summed E-state index contributed by atoms with van der Waals surface area (Å²) >= 11 is 0. The normalized spacial score (nSPS) is 16.0. The highest BCUT2D eigenvalue weighted by Gasteiger charge is 2.16. The number of amides is 2. The van der Waals surface area contributed by atoms with Gasteiger partial charge in [0, 0.05) is 12.2 Å². The van der Waals surface area contributed by atoms with Crippen LogP contribution in [0.25, 0.3) is 0 Å². The summed E-state index contributed by atoms with van der Waals surface area (Å²) in [5.74, 6) is 0. The van der Waals surface area contributed by atoms with E-state index in [9.17, 15) is 4.79 Å². The molecule has 4 heteroatoms. The minimum atomic E-state index is -0.0856. The van der Waals surface area contributed by atoms with E-state index in [1.807, 2.05) is 18.2 Å². The monoisotopic (exact) mass is 219 g/mol. The maximum absolute atomic E-state index is 11.5. The van der Waals surface area contributed by atoms with E-state index in [4.69, 9.17) is 0 Å². The van der Waals surface area contributed by atoms with Gasteiger partial charge in [0.1, 0.15) is 0 Å². The molecule has 1 aromatic heterocycles. The molecule has 1 aromatic rings. The third kappa shape index (κ3) is 3.22. The van der Waals surface area contributed by atoms with Crippen molar-refractivity contribution in [2.45, 2.75) is 38.3 Å². The molecule has 2 amide bonds. The second-order valence-electron chi connectivity index (χ2n) is 4.13. The van der Waals surface area contributed by atoms with Crippen LogP contribution in [0.3, 0.4) is 0 Å². The van der Waals surface area contributed by atoms with Gasteiger partial charge in [0.25, 0.3) is 0 Å². The van der Waals surface area contributed by atoms with Crippen molar-refractivity contribution in [3.05, 3.63) is 30.1 Å². The molecule has 4 nitrogen and oxygen atoms in total. The number of hydrogen-bond donors (Lipinski definition) is 2. The van der Waals surface area contributed by atoms with E-state index in [-0.39, 0.29) is 6.03 Å². The van der Waals surface area contributed by atoms with E-state index in [0.29, 0.717) is 12.6 Å². The van der Waals surface area contributed by atoms with E-state index >= 15 is 0 Å². The molecule has 86 valence electrons. The second-order valence-corrected chi connectivity index (χ2v) is 4.13. The number of rotatable bonds is 3. The van der Waals surface area contributed by atoms with Crippen molar-refractivity contribution >= 4 is 6.03 Å². The van der Waals surface area contributed by atoms with Crippen molar-refractivity contribution in [3.8, 4) is 0 Å². The summed E-state index contributed by atoms with van der Waals surface area (Å²) in [6.45, 7) is 0.486. The molecule has 1 aliphatic carbocycles. The number of carbonyl (C=O) groups is 1. The van der Waals surface area contributed by atoms with Gasteiger partial charge in [-0.1, -0.05) is 18.9 Å². The summed E-state index contributed by atoms with van der Waals surface area (Å²) in [5.41, 5.74) is 0.879. The summed E-state index contributed by atoms with van der Waals surface area (Å²) in [7, 11) is 0. The first-order valence-electron chi connectivity index (χ1n) is 5.79. The fraction of sp³-hybridized carbons (Fsp3) is 0.500. The average Bonchev–Trinajstić information content (AvgIpc) is 2.81. The van der Waals surface area contributed by atoms with Crippen LogP contribution in [0.1, 0.15) is 31.4 Å². The van der Waals surface area contributed by atoms with Crippen LogP contribution in [-0.4, -0.2) is 17.1 Å². The van der Waals surface area contributed by atoms with Gasteiger partial charge < -0.3 is 10.6 Å². The second kappa shape index (κ2) is 5.49. The average molecular weight is 219 g/mol. The molecular formula is C12H17N3O. The van der Waals surface area contributed by atoms with Crippen LogP contribution in [0.5, 0.6) is 0 Å². The molecule has 1 aliphatic rings. The Labute approximate surface area is 95.5 Å². The molecule has 0 radical (unpaired) electrons. The molecule has 1 saturated carbocycles.